The highest BCUT2D eigenvalue weighted by Crippen LogP contribution is 2.15. The summed E-state index contributed by atoms with van der Waals surface area (Å²) in [5, 5.41) is 23.0. The number of nitrogens with zero attached hydrogens (tertiary/aromatic N) is 5. The van der Waals surface area contributed by atoms with Crippen molar-refractivity contribution in [1.29, 1.82) is 0 Å². The summed E-state index contributed by atoms with van der Waals surface area (Å²) in [5.74, 6) is -0.870. The molecule has 192 valence electrons. The summed E-state index contributed by atoms with van der Waals surface area (Å²) < 4.78 is 5.50. The molecule has 0 aliphatic carbocycles. The molecule has 4 rings (SSSR count). The number of amides is 1. The topological polar surface area (TPSA) is 215 Å². The minimum atomic E-state index is -1.16. The highest BCUT2D eigenvalue weighted by Gasteiger charge is 2.22. The Morgan fingerprint density at radius 2 is 1.92 bits per heavy atom. The first-order chi connectivity index (χ1) is 17.7. The van der Waals surface area contributed by atoms with Crippen molar-refractivity contribution in [3.8, 4) is 0 Å². The van der Waals surface area contributed by atoms with Gasteiger partial charge >= 0.3 is 5.97 Å². The normalized spacial score (nSPS) is 12.0. The van der Waals surface area contributed by atoms with E-state index in [-0.39, 0.29) is 48.0 Å². The summed E-state index contributed by atoms with van der Waals surface area (Å²) in [6, 6.07) is 5.33. The molecular formula is C23H25N9O5. The van der Waals surface area contributed by atoms with Crippen molar-refractivity contribution in [2.24, 2.45) is 0 Å². The van der Waals surface area contributed by atoms with E-state index in [1.807, 2.05) is 13.8 Å². The van der Waals surface area contributed by atoms with Gasteiger partial charge in [0.2, 0.25) is 17.7 Å². The third-order valence-electron chi connectivity index (χ3n) is 5.33. The minimum absolute atomic E-state index is 0.0384. The van der Waals surface area contributed by atoms with Crippen LogP contribution in [0.1, 0.15) is 54.0 Å². The highest BCUT2D eigenvalue weighted by molar-refractivity contribution is 5.96. The van der Waals surface area contributed by atoms with E-state index < -0.39 is 23.5 Å². The van der Waals surface area contributed by atoms with Crippen LogP contribution < -0.4 is 21.9 Å². The number of nitrogens with one attached hydrogen (secondary N) is 3. The van der Waals surface area contributed by atoms with Crippen LogP contribution in [0.5, 0.6) is 0 Å². The predicted molar refractivity (Wildman–Crippen MR) is 132 cm³/mol. The van der Waals surface area contributed by atoms with Crippen LogP contribution in [-0.4, -0.2) is 53.2 Å². The SMILES string of the molecule is CC(C)c1nnc(CC[C@H](NC(=O)c2ccc(NCc3cnc4nc(N)[nH]c(=O)c4n3)cc2)C(=O)O)o1. The average molecular weight is 508 g/mol. The molecule has 0 bridgehead atoms. The van der Waals surface area contributed by atoms with E-state index in [2.05, 4.69) is 40.8 Å². The molecule has 0 radical (unpaired) electrons. The van der Waals surface area contributed by atoms with Gasteiger partial charge in [0, 0.05) is 23.6 Å². The molecule has 14 nitrogen and oxygen atoms in total. The Morgan fingerprint density at radius 3 is 2.59 bits per heavy atom. The third kappa shape index (κ3) is 6.22. The lowest BCUT2D eigenvalue weighted by Crippen LogP contribution is -2.41. The molecule has 37 heavy (non-hydrogen) atoms. The van der Waals surface area contributed by atoms with Gasteiger partial charge in [0.15, 0.2) is 11.2 Å². The van der Waals surface area contributed by atoms with Gasteiger partial charge in [-0.05, 0) is 30.7 Å². The number of anilines is 2. The number of hydrogen-bond donors (Lipinski definition) is 5. The van der Waals surface area contributed by atoms with Crippen LogP contribution >= 0.6 is 0 Å². The van der Waals surface area contributed by atoms with E-state index in [4.69, 9.17) is 10.2 Å². The van der Waals surface area contributed by atoms with Gasteiger partial charge in [-0.1, -0.05) is 13.8 Å². The van der Waals surface area contributed by atoms with Crippen molar-refractivity contribution < 1.29 is 19.1 Å². The number of carboxylic acids is 1. The van der Waals surface area contributed by atoms with E-state index in [0.29, 0.717) is 23.2 Å². The number of aryl methyl sites for hydroxylation is 1. The van der Waals surface area contributed by atoms with Gasteiger partial charge in [0.1, 0.15) is 6.04 Å². The zero-order valence-electron chi connectivity index (χ0n) is 20.1. The average Bonchev–Trinajstić information content (AvgIpc) is 3.35. The number of hydrogen-bond acceptors (Lipinski definition) is 11. The number of aromatic amines is 1. The molecule has 0 fully saturated rings. The number of nitrogen functional groups attached to an aromatic ring is 1. The summed E-state index contributed by atoms with van der Waals surface area (Å²) in [6.07, 6.45) is 1.79. The maximum atomic E-state index is 12.6. The molecule has 6 N–H and O–H groups in total. The van der Waals surface area contributed by atoms with Gasteiger partial charge in [-0.2, -0.15) is 4.98 Å². The number of aromatic nitrogens is 6. The zero-order valence-corrected chi connectivity index (χ0v) is 20.1. The number of rotatable bonds is 10. The Morgan fingerprint density at radius 1 is 1.16 bits per heavy atom. The first kappa shape index (κ1) is 25.2. The van der Waals surface area contributed by atoms with E-state index in [0.717, 1.165) is 0 Å². The second-order valence-corrected chi connectivity index (χ2v) is 8.51. The van der Waals surface area contributed by atoms with E-state index in [9.17, 15) is 19.5 Å². The largest absolute Gasteiger partial charge is 0.480 e. The van der Waals surface area contributed by atoms with Crippen LogP contribution in [0.15, 0.2) is 39.7 Å². The number of H-pyrrole nitrogens is 1. The molecular weight excluding hydrogens is 482 g/mol. The first-order valence-electron chi connectivity index (χ1n) is 11.4. The van der Waals surface area contributed by atoms with Crippen molar-refractivity contribution in [2.45, 2.75) is 45.2 Å². The summed E-state index contributed by atoms with van der Waals surface area (Å²) >= 11 is 0. The molecule has 0 spiro atoms. The predicted octanol–water partition coefficient (Wildman–Crippen LogP) is 1.23. The van der Waals surface area contributed by atoms with Crippen molar-refractivity contribution in [1.82, 2.24) is 35.5 Å². The number of carboxylic acid groups (broad SMARTS) is 1. The number of aliphatic carboxylic acids is 1. The molecule has 0 saturated heterocycles. The van der Waals surface area contributed by atoms with Crippen molar-refractivity contribution in [3.05, 3.63) is 63.9 Å². The molecule has 0 saturated carbocycles. The summed E-state index contributed by atoms with van der Waals surface area (Å²) in [7, 11) is 0. The summed E-state index contributed by atoms with van der Waals surface area (Å²) in [6.45, 7) is 4.08. The van der Waals surface area contributed by atoms with Crippen molar-refractivity contribution >= 4 is 34.7 Å². The third-order valence-corrected chi connectivity index (χ3v) is 5.33. The van der Waals surface area contributed by atoms with Crippen LogP contribution in [0.25, 0.3) is 11.2 Å². The molecule has 0 unspecified atom stereocenters. The van der Waals surface area contributed by atoms with E-state index in [1.165, 1.54) is 6.20 Å². The fourth-order valence-corrected chi connectivity index (χ4v) is 3.36. The van der Waals surface area contributed by atoms with Crippen molar-refractivity contribution in [3.63, 3.8) is 0 Å². The number of carbonyl (C=O) groups is 2. The van der Waals surface area contributed by atoms with Gasteiger partial charge < -0.3 is 25.9 Å². The van der Waals surface area contributed by atoms with Gasteiger partial charge in [-0.3, -0.25) is 14.6 Å². The monoisotopic (exact) mass is 507 g/mol. The Bertz CT molecular complexity index is 1480. The molecule has 14 heteroatoms. The number of nitrogens with two attached hydrogens (primary N) is 1. The molecule has 4 aromatic rings. The Kier molecular flexibility index (Phi) is 7.36. The van der Waals surface area contributed by atoms with Crippen LogP contribution in [0.4, 0.5) is 11.6 Å². The molecule has 1 amide bonds. The molecule has 0 aliphatic heterocycles. The Balaban J connectivity index is 1.34. The molecule has 1 aromatic carbocycles. The second-order valence-electron chi connectivity index (χ2n) is 8.51. The van der Waals surface area contributed by atoms with Gasteiger partial charge in [0.25, 0.3) is 11.5 Å². The summed E-state index contributed by atoms with van der Waals surface area (Å²) in [4.78, 5) is 51.0. The lowest BCUT2D eigenvalue weighted by atomic mass is 10.1. The molecule has 0 aliphatic rings. The van der Waals surface area contributed by atoms with E-state index >= 15 is 0 Å². The first-order valence-corrected chi connectivity index (χ1v) is 11.4. The maximum Gasteiger partial charge on any atom is 0.326 e. The van der Waals surface area contributed by atoms with Crippen LogP contribution in [0.3, 0.4) is 0 Å². The minimum Gasteiger partial charge on any atom is -0.480 e. The van der Waals surface area contributed by atoms with Gasteiger partial charge in [-0.25, -0.2) is 14.8 Å². The van der Waals surface area contributed by atoms with Gasteiger partial charge in [-0.15, -0.1) is 10.2 Å². The fourth-order valence-electron chi connectivity index (χ4n) is 3.36. The number of fused-ring (bicyclic) bond motifs is 1. The number of benzene rings is 1. The second kappa shape index (κ2) is 10.8. The van der Waals surface area contributed by atoms with Crippen LogP contribution in [-0.2, 0) is 17.8 Å². The lowest BCUT2D eigenvalue weighted by Gasteiger charge is -2.14. The van der Waals surface area contributed by atoms with Gasteiger partial charge in [0.05, 0.1) is 18.4 Å². The van der Waals surface area contributed by atoms with E-state index in [1.54, 1.807) is 24.3 Å². The Hall–Kier alpha value is -4.88. The standard InChI is InChI=1S/C23H25N9O5/c1-11(2)21-32-31-16(37-21)8-7-15(22(35)36)28-19(33)12-3-5-13(6-4-12)25-9-14-10-26-18-17(27-14)20(34)30-23(24)29-18/h3-6,10-11,15,25H,7-9H2,1-2H3,(H,28,33)(H,35,36)(H3,24,26,29,30,34)/t15-/m0/s1. The van der Waals surface area contributed by atoms with Crippen LogP contribution in [0, 0.1) is 0 Å². The lowest BCUT2D eigenvalue weighted by molar-refractivity contribution is -0.139. The quantitative estimate of drug-likeness (QED) is 0.205. The fraction of sp³-hybridized carbons (Fsp3) is 0.304. The van der Waals surface area contributed by atoms with Crippen molar-refractivity contribution in [2.75, 3.05) is 11.1 Å². The molecule has 3 aromatic heterocycles. The number of carbonyl (C=O) groups excluding carboxylic acids is 1. The molecule has 3 heterocycles. The highest BCUT2D eigenvalue weighted by atomic mass is 16.4. The smallest absolute Gasteiger partial charge is 0.326 e. The summed E-state index contributed by atoms with van der Waals surface area (Å²) in [5.41, 5.74) is 6.72. The van der Waals surface area contributed by atoms with Crippen LogP contribution in [0.2, 0.25) is 0 Å². The maximum absolute atomic E-state index is 12.6. The zero-order chi connectivity index (χ0) is 26.5. The molecule has 1 atom stereocenters. The Labute approximate surface area is 209 Å².